The fraction of sp³-hybridized carbons (Fsp3) is 1.00. The van der Waals surface area contributed by atoms with Crippen molar-refractivity contribution in [1.29, 1.82) is 0 Å². The lowest BCUT2D eigenvalue weighted by atomic mass is 9.86. The maximum atomic E-state index is 11.5. The van der Waals surface area contributed by atoms with Gasteiger partial charge in [0.2, 0.25) is 0 Å². The van der Waals surface area contributed by atoms with Gasteiger partial charge in [-0.05, 0) is 19.3 Å². The molecule has 140 valence electrons. The molecule has 0 aromatic rings. The lowest BCUT2D eigenvalue weighted by Gasteiger charge is -2.34. The first kappa shape index (κ1) is 23.1. The summed E-state index contributed by atoms with van der Waals surface area (Å²) >= 11 is 0. The van der Waals surface area contributed by atoms with Crippen molar-refractivity contribution in [3.63, 3.8) is 0 Å². The van der Waals surface area contributed by atoms with Crippen molar-refractivity contribution in [2.75, 3.05) is 0 Å². The third-order valence-corrected chi connectivity index (χ3v) is 5.15. The van der Waals surface area contributed by atoms with E-state index in [-0.39, 0.29) is 0 Å². The van der Waals surface area contributed by atoms with Crippen molar-refractivity contribution >= 4 is 7.82 Å². The number of phosphoric ester groups is 1. The summed E-state index contributed by atoms with van der Waals surface area (Å²) in [6.45, 7) is 6.43. The highest BCUT2D eigenvalue weighted by Crippen LogP contribution is 2.47. The van der Waals surface area contributed by atoms with Crippen LogP contribution >= 0.6 is 7.82 Å². The SMILES string of the molecule is CCCCCCCCCC(CCCC)(CCCC)OP(=O)(O)O. The van der Waals surface area contributed by atoms with Crippen LogP contribution in [0.4, 0.5) is 0 Å². The van der Waals surface area contributed by atoms with Crippen LogP contribution in [0.2, 0.25) is 0 Å². The van der Waals surface area contributed by atoms with Crippen molar-refractivity contribution in [1.82, 2.24) is 0 Å². The standard InChI is InChI=1S/C18H39O4P/c1-4-7-10-11-12-13-14-17-18(15-8-5-2,16-9-6-3)22-23(19,20)21/h4-17H2,1-3H3,(H2,19,20,21). The molecule has 0 saturated carbocycles. The lowest BCUT2D eigenvalue weighted by Crippen LogP contribution is -2.32. The molecule has 0 aromatic carbocycles. The highest BCUT2D eigenvalue weighted by atomic mass is 31.2. The molecular weight excluding hydrogens is 311 g/mol. The van der Waals surface area contributed by atoms with Crippen molar-refractivity contribution < 1.29 is 18.9 Å². The molecule has 23 heavy (non-hydrogen) atoms. The van der Waals surface area contributed by atoms with Gasteiger partial charge in [0.05, 0.1) is 5.60 Å². The molecule has 0 fully saturated rings. The molecule has 5 heteroatoms. The van der Waals surface area contributed by atoms with Crippen LogP contribution in [0.1, 0.15) is 111 Å². The van der Waals surface area contributed by atoms with Gasteiger partial charge in [0.25, 0.3) is 0 Å². The molecule has 0 aliphatic carbocycles. The zero-order valence-corrected chi connectivity index (χ0v) is 16.5. The first-order valence-electron chi connectivity index (χ1n) is 9.65. The van der Waals surface area contributed by atoms with Gasteiger partial charge in [-0.2, -0.15) is 0 Å². The van der Waals surface area contributed by atoms with E-state index in [9.17, 15) is 14.4 Å². The third kappa shape index (κ3) is 13.1. The van der Waals surface area contributed by atoms with E-state index in [0.29, 0.717) is 0 Å². The van der Waals surface area contributed by atoms with Crippen LogP contribution in [0.25, 0.3) is 0 Å². The zero-order valence-electron chi connectivity index (χ0n) is 15.6. The molecular formula is C18H39O4P. The quantitative estimate of drug-likeness (QED) is 0.251. The van der Waals surface area contributed by atoms with Gasteiger partial charge >= 0.3 is 7.82 Å². The highest BCUT2D eigenvalue weighted by Gasteiger charge is 2.36. The smallest absolute Gasteiger partial charge is 0.303 e. The predicted molar refractivity (Wildman–Crippen MR) is 97.5 cm³/mol. The monoisotopic (exact) mass is 350 g/mol. The van der Waals surface area contributed by atoms with Crippen molar-refractivity contribution in [2.24, 2.45) is 0 Å². The minimum Gasteiger partial charge on any atom is -0.303 e. The summed E-state index contributed by atoms with van der Waals surface area (Å²) in [7, 11) is -4.44. The average molecular weight is 350 g/mol. The minimum absolute atomic E-state index is 0.630. The van der Waals surface area contributed by atoms with E-state index in [2.05, 4.69) is 20.8 Å². The normalized spacial score (nSPS) is 12.7. The maximum absolute atomic E-state index is 11.5. The first-order valence-corrected chi connectivity index (χ1v) is 11.2. The summed E-state index contributed by atoms with van der Waals surface area (Å²) in [5.41, 5.74) is -0.630. The molecule has 2 N–H and O–H groups in total. The molecule has 0 saturated heterocycles. The number of unbranched alkanes of at least 4 members (excludes halogenated alkanes) is 8. The van der Waals surface area contributed by atoms with Crippen LogP contribution in [-0.2, 0) is 9.09 Å². The fourth-order valence-electron chi connectivity index (χ4n) is 3.17. The van der Waals surface area contributed by atoms with E-state index in [1.807, 2.05) is 0 Å². The maximum Gasteiger partial charge on any atom is 0.470 e. The predicted octanol–water partition coefficient (Wildman–Crippen LogP) is 6.36. The molecule has 0 atom stereocenters. The van der Waals surface area contributed by atoms with Crippen LogP contribution in [0, 0.1) is 0 Å². The Balaban J connectivity index is 4.50. The largest absolute Gasteiger partial charge is 0.470 e. The van der Waals surface area contributed by atoms with Crippen LogP contribution in [-0.4, -0.2) is 15.4 Å². The second-order valence-electron chi connectivity index (χ2n) is 6.84. The first-order chi connectivity index (χ1) is 10.9. The Morgan fingerprint density at radius 3 is 1.52 bits per heavy atom. The summed E-state index contributed by atoms with van der Waals surface area (Å²) in [4.78, 5) is 18.7. The molecule has 0 aliphatic rings. The van der Waals surface area contributed by atoms with E-state index >= 15 is 0 Å². The van der Waals surface area contributed by atoms with E-state index < -0.39 is 13.4 Å². The summed E-state index contributed by atoms with van der Waals surface area (Å²) in [5, 5.41) is 0. The van der Waals surface area contributed by atoms with Crippen LogP contribution in [0.3, 0.4) is 0 Å². The summed E-state index contributed by atoms with van der Waals surface area (Å²) < 4.78 is 16.8. The Morgan fingerprint density at radius 1 is 0.696 bits per heavy atom. The Labute approximate surface area is 143 Å². The van der Waals surface area contributed by atoms with Crippen LogP contribution in [0.15, 0.2) is 0 Å². The summed E-state index contributed by atoms with van der Waals surface area (Å²) in [5.74, 6) is 0. The molecule has 0 rings (SSSR count). The van der Waals surface area contributed by atoms with Crippen LogP contribution < -0.4 is 0 Å². The van der Waals surface area contributed by atoms with Gasteiger partial charge in [-0.1, -0.05) is 91.4 Å². The molecule has 4 nitrogen and oxygen atoms in total. The van der Waals surface area contributed by atoms with Gasteiger partial charge in [-0.25, -0.2) is 4.57 Å². The molecule has 0 spiro atoms. The lowest BCUT2D eigenvalue weighted by molar-refractivity contribution is 0.00605. The Bertz CT molecular complexity index is 306. The van der Waals surface area contributed by atoms with Crippen molar-refractivity contribution in [3.05, 3.63) is 0 Å². The van der Waals surface area contributed by atoms with Gasteiger partial charge in [0.15, 0.2) is 0 Å². The number of rotatable bonds is 16. The zero-order chi connectivity index (χ0) is 17.6. The van der Waals surface area contributed by atoms with Gasteiger partial charge in [-0.3, -0.25) is 4.52 Å². The third-order valence-electron chi connectivity index (χ3n) is 4.52. The van der Waals surface area contributed by atoms with E-state index in [1.54, 1.807) is 0 Å². The molecule has 0 unspecified atom stereocenters. The minimum atomic E-state index is -4.44. The molecule has 0 aromatic heterocycles. The number of hydrogen-bond acceptors (Lipinski definition) is 2. The van der Waals surface area contributed by atoms with Gasteiger partial charge < -0.3 is 9.79 Å². The van der Waals surface area contributed by atoms with Crippen LogP contribution in [0.5, 0.6) is 0 Å². The fourth-order valence-corrected chi connectivity index (χ4v) is 3.94. The van der Waals surface area contributed by atoms with Gasteiger partial charge in [0, 0.05) is 0 Å². The summed E-state index contributed by atoms with van der Waals surface area (Å²) in [6, 6.07) is 0. The van der Waals surface area contributed by atoms with Crippen molar-refractivity contribution in [3.8, 4) is 0 Å². The second kappa shape index (κ2) is 13.4. The topological polar surface area (TPSA) is 66.8 Å². The number of phosphoric acid groups is 1. The Hall–Kier alpha value is 0.110. The van der Waals surface area contributed by atoms with E-state index in [0.717, 1.165) is 57.8 Å². The van der Waals surface area contributed by atoms with E-state index in [4.69, 9.17) is 4.52 Å². The van der Waals surface area contributed by atoms with Gasteiger partial charge in [0.1, 0.15) is 0 Å². The highest BCUT2D eigenvalue weighted by molar-refractivity contribution is 7.46. The summed E-state index contributed by atoms with van der Waals surface area (Å²) in [6.07, 6.45) is 14.7. The Kier molecular flexibility index (Phi) is 13.5. The molecule has 0 amide bonds. The molecule has 0 radical (unpaired) electrons. The number of hydrogen-bond donors (Lipinski definition) is 2. The second-order valence-corrected chi connectivity index (χ2v) is 8.01. The molecule has 0 aliphatic heterocycles. The average Bonchev–Trinajstić information content (AvgIpc) is 2.48. The van der Waals surface area contributed by atoms with E-state index in [1.165, 1.54) is 32.1 Å². The molecule has 0 heterocycles. The van der Waals surface area contributed by atoms with Crippen molar-refractivity contribution in [2.45, 2.75) is 116 Å². The van der Waals surface area contributed by atoms with Gasteiger partial charge in [-0.15, -0.1) is 0 Å². The molecule has 0 bridgehead atoms. The Morgan fingerprint density at radius 2 is 1.09 bits per heavy atom.